The smallest absolute Gasteiger partial charge is 0.123 e. The molecule has 0 radical (unpaired) electrons. The van der Waals surface area contributed by atoms with Crippen LogP contribution in [0, 0.1) is 5.82 Å². The maximum atomic E-state index is 12.4. The van der Waals surface area contributed by atoms with E-state index in [1.807, 2.05) is 0 Å². The zero-order valence-corrected chi connectivity index (χ0v) is 8.08. The fourth-order valence-electron chi connectivity index (χ4n) is 0.799. The van der Waals surface area contributed by atoms with Crippen molar-refractivity contribution in [2.45, 2.75) is 6.04 Å². The summed E-state index contributed by atoms with van der Waals surface area (Å²) in [5.41, 5.74) is 6.70. The van der Waals surface area contributed by atoms with Gasteiger partial charge in [-0.3, -0.25) is 0 Å². The molecule has 60 valence electrons. The lowest BCUT2D eigenvalue weighted by Crippen LogP contribution is -2.10. The van der Waals surface area contributed by atoms with Crippen molar-refractivity contribution in [1.82, 2.24) is 0 Å². The normalized spacial score (nSPS) is 13.0. The van der Waals surface area contributed by atoms with E-state index in [4.69, 9.17) is 5.73 Å². The average molecular weight is 265 g/mol. The summed E-state index contributed by atoms with van der Waals surface area (Å²) in [5.74, 6) is -0.214. The van der Waals surface area contributed by atoms with Crippen LogP contribution in [0.1, 0.15) is 11.6 Å². The maximum Gasteiger partial charge on any atom is 0.123 e. The summed E-state index contributed by atoms with van der Waals surface area (Å²) >= 11 is 2.21. The lowest BCUT2D eigenvalue weighted by molar-refractivity contribution is 0.626. The molecule has 0 saturated heterocycles. The van der Waals surface area contributed by atoms with E-state index < -0.39 is 0 Å². The van der Waals surface area contributed by atoms with Gasteiger partial charge in [0.1, 0.15) is 5.82 Å². The summed E-state index contributed by atoms with van der Waals surface area (Å²) in [6.45, 7) is 0. The minimum Gasteiger partial charge on any atom is -0.323 e. The molecule has 0 aromatic heterocycles. The Hall–Kier alpha value is -0.160. The van der Waals surface area contributed by atoms with Crippen molar-refractivity contribution in [3.63, 3.8) is 0 Å². The van der Waals surface area contributed by atoms with Gasteiger partial charge in [-0.15, -0.1) is 0 Å². The Morgan fingerprint density at radius 3 is 2.36 bits per heavy atom. The highest BCUT2D eigenvalue weighted by molar-refractivity contribution is 14.1. The Morgan fingerprint density at radius 2 is 1.91 bits per heavy atom. The molecule has 0 aliphatic heterocycles. The predicted octanol–water partition coefficient (Wildman–Crippen LogP) is 2.26. The molecule has 0 heterocycles. The van der Waals surface area contributed by atoms with Crippen molar-refractivity contribution in [2.24, 2.45) is 5.73 Å². The van der Waals surface area contributed by atoms with Crippen molar-refractivity contribution in [2.75, 3.05) is 4.43 Å². The highest BCUT2D eigenvalue weighted by atomic mass is 127. The van der Waals surface area contributed by atoms with Crippen LogP contribution in [0.2, 0.25) is 0 Å². The lowest BCUT2D eigenvalue weighted by Gasteiger charge is -2.06. The molecule has 0 fully saturated rings. The minimum atomic E-state index is -0.214. The third-order valence-electron chi connectivity index (χ3n) is 1.46. The molecular weight excluding hydrogens is 256 g/mol. The molecule has 11 heavy (non-hydrogen) atoms. The summed E-state index contributed by atoms with van der Waals surface area (Å²) in [4.78, 5) is 0. The number of alkyl halides is 1. The van der Waals surface area contributed by atoms with E-state index in [2.05, 4.69) is 22.6 Å². The van der Waals surface area contributed by atoms with Gasteiger partial charge in [-0.2, -0.15) is 0 Å². The average Bonchev–Trinajstić information content (AvgIpc) is 2.05. The molecule has 1 atom stereocenters. The Morgan fingerprint density at radius 1 is 1.36 bits per heavy atom. The first kappa shape index (κ1) is 8.93. The first-order valence-corrected chi connectivity index (χ1v) is 4.83. The fraction of sp³-hybridized carbons (Fsp3) is 0.250. The zero-order chi connectivity index (χ0) is 8.27. The lowest BCUT2D eigenvalue weighted by atomic mass is 10.1. The highest BCUT2D eigenvalue weighted by Crippen LogP contribution is 2.12. The molecule has 0 spiro atoms. The molecule has 0 aliphatic carbocycles. The molecule has 0 bridgehead atoms. The van der Waals surface area contributed by atoms with Gasteiger partial charge < -0.3 is 5.73 Å². The summed E-state index contributed by atoms with van der Waals surface area (Å²) < 4.78 is 13.3. The van der Waals surface area contributed by atoms with E-state index in [1.165, 1.54) is 12.1 Å². The minimum absolute atomic E-state index is 0.0243. The second kappa shape index (κ2) is 4.01. The van der Waals surface area contributed by atoms with Crippen LogP contribution < -0.4 is 5.73 Å². The van der Waals surface area contributed by atoms with Crippen molar-refractivity contribution in [3.8, 4) is 0 Å². The topological polar surface area (TPSA) is 26.0 Å². The fourth-order valence-corrected chi connectivity index (χ4v) is 1.31. The van der Waals surface area contributed by atoms with Crippen LogP contribution in [0.5, 0.6) is 0 Å². The van der Waals surface area contributed by atoms with Gasteiger partial charge in [0, 0.05) is 10.5 Å². The van der Waals surface area contributed by atoms with Gasteiger partial charge in [-0.05, 0) is 17.7 Å². The first-order valence-electron chi connectivity index (χ1n) is 3.31. The van der Waals surface area contributed by atoms with Gasteiger partial charge in [0.2, 0.25) is 0 Å². The second-order valence-electron chi connectivity index (χ2n) is 2.31. The van der Waals surface area contributed by atoms with E-state index in [0.717, 1.165) is 9.99 Å². The first-order chi connectivity index (χ1) is 5.24. The van der Waals surface area contributed by atoms with E-state index in [9.17, 15) is 4.39 Å². The monoisotopic (exact) mass is 265 g/mol. The van der Waals surface area contributed by atoms with Gasteiger partial charge in [-0.1, -0.05) is 34.7 Å². The van der Waals surface area contributed by atoms with Crippen molar-refractivity contribution in [3.05, 3.63) is 35.6 Å². The highest BCUT2D eigenvalue weighted by Gasteiger charge is 2.02. The quantitative estimate of drug-likeness (QED) is 0.644. The number of halogens is 2. The molecule has 0 amide bonds. The summed E-state index contributed by atoms with van der Waals surface area (Å²) in [5, 5.41) is 0. The van der Waals surface area contributed by atoms with E-state index >= 15 is 0 Å². The Balaban J connectivity index is 2.81. The third-order valence-corrected chi connectivity index (χ3v) is 2.41. The van der Waals surface area contributed by atoms with Crippen molar-refractivity contribution < 1.29 is 4.39 Å². The van der Waals surface area contributed by atoms with Crippen LogP contribution >= 0.6 is 22.6 Å². The van der Waals surface area contributed by atoms with E-state index in [-0.39, 0.29) is 11.9 Å². The van der Waals surface area contributed by atoms with Gasteiger partial charge >= 0.3 is 0 Å². The number of nitrogens with two attached hydrogens (primary N) is 1. The van der Waals surface area contributed by atoms with E-state index in [0.29, 0.717) is 0 Å². The molecule has 1 unspecified atom stereocenters. The molecule has 1 rings (SSSR count). The number of hydrogen-bond acceptors (Lipinski definition) is 1. The van der Waals surface area contributed by atoms with Crippen LogP contribution in [0.4, 0.5) is 4.39 Å². The van der Waals surface area contributed by atoms with Gasteiger partial charge in [0.15, 0.2) is 0 Å². The Kier molecular flexibility index (Phi) is 3.26. The van der Waals surface area contributed by atoms with Crippen LogP contribution in [0.15, 0.2) is 24.3 Å². The van der Waals surface area contributed by atoms with E-state index in [1.54, 1.807) is 12.1 Å². The van der Waals surface area contributed by atoms with Crippen molar-refractivity contribution in [1.29, 1.82) is 0 Å². The summed E-state index contributed by atoms with van der Waals surface area (Å²) in [7, 11) is 0. The standard InChI is InChI=1S/C8H9FIN/c9-7-3-1-6(2-4-7)8(11)5-10/h1-4,8H,5,11H2. The number of benzene rings is 1. The number of hydrogen-bond donors (Lipinski definition) is 1. The van der Waals surface area contributed by atoms with Crippen molar-refractivity contribution >= 4 is 22.6 Å². The molecule has 2 N–H and O–H groups in total. The molecule has 3 heteroatoms. The van der Waals surface area contributed by atoms with Gasteiger partial charge in [0.05, 0.1) is 0 Å². The molecule has 1 nitrogen and oxygen atoms in total. The number of rotatable bonds is 2. The zero-order valence-electron chi connectivity index (χ0n) is 5.93. The van der Waals surface area contributed by atoms with Crippen LogP contribution in [-0.4, -0.2) is 4.43 Å². The molecule has 0 saturated carbocycles. The third kappa shape index (κ3) is 2.41. The van der Waals surface area contributed by atoms with Crippen LogP contribution in [0.25, 0.3) is 0 Å². The van der Waals surface area contributed by atoms with Crippen LogP contribution in [0.3, 0.4) is 0 Å². The molecule has 1 aromatic rings. The Labute approximate surface area is 78.9 Å². The summed E-state index contributed by atoms with van der Waals surface area (Å²) in [6.07, 6.45) is 0. The predicted molar refractivity (Wildman–Crippen MR) is 52.2 cm³/mol. The molecule has 1 aromatic carbocycles. The largest absolute Gasteiger partial charge is 0.323 e. The summed E-state index contributed by atoms with van der Waals surface area (Å²) in [6, 6.07) is 6.33. The maximum absolute atomic E-state index is 12.4. The SMILES string of the molecule is NC(CI)c1ccc(F)cc1. The second-order valence-corrected chi connectivity index (χ2v) is 3.19. The van der Waals surface area contributed by atoms with Crippen LogP contribution in [-0.2, 0) is 0 Å². The van der Waals surface area contributed by atoms with Gasteiger partial charge in [0.25, 0.3) is 0 Å². The molecule has 0 aliphatic rings. The van der Waals surface area contributed by atoms with Gasteiger partial charge in [-0.25, -0.2) is 4.39 Å². The Bertz CT molecular complexity index is 222. The molecular formula is C8H9FIN.